The summed E-state index contributed by atoms with van der Waals surface area (Å²) in [6.45, 7) is 8.51. The van der Waals surface area contributed by atoms with Gasteiger partial charge in [-0.05, 0) is 62.9 Å². The van der Waals surface area contributed by atoms with Crippen molar-refractivity contribution in [2.45, 2.75) is 83.7 Å². The van der Waals surface area contributed by atoms with E-state index < -0.39 is 0 Å². The van der Waals surface area contributed by atoms with Crippen LogP contribution < -0.4 is 5.32 Å². The monoisotopic (exact) mass is 278 g/mol. The van der Waals surface area contributed by atoms with Gasteiger partial charge in [-0.25, -0.2) is 0 Å². The number of piperidine rings is 1. The Balaban J connectivity index is 1.54. The second-order valence-corrected chi connectivity index (χ2v) is 8.04. The minimum absolute atomic E-state index is 0.638. The fraction of sp³-hybridized carbons (Fsp3) is 1.00. The van der Waals surface area contributed by atoms with Crippen LogP contribution in [-0.2, 0) is 0 Å². The Morgan fingerprint density at radius 2 is 1.85 bits per heavy atom. The summed E-state index contributed by atoms with van der Waals surface area (Å²) in [7, 11) is 0. The Morgan fingerprint density at radius 3 is 2.50 bits per heavy atom. The minimum atomic E-state index is 0.638. The summed E-state index contributed by atoms with van der Waals surface area (Å²) in [4.78, 5) is 2.89. The van der Waals surface area contributed by atoms with Crippen molar-refractivity contribution < 1.29 is 0 Å². The van der Waals surface area contributed by atoms with Gasteiger partial charge in [0.2, 0.25) is 0 Å². The van der Waals surface area contributed by atoms with Gasteiger partial charge in [0.1, 0.15) is 0 Å². The van der Waals surface area contributed by atoms with Crippen LogP contribution in [0.1, 0.15) is 71.6 Å². The molecule has 0 aromatic rings. The van der Waals surface area contributed by atoms with Crippen LogP contribution in [0.5, 0.6) is 0 Å². The van der Waals surface area contributed by atoms with Gasteiger partial charge >= 0.3 is 0 Å². The molecule has 0 bridgehead atoms. The predicted octanol–water partition coefficient (Wildman–Crippen LogP) is 3.81. The van der Waals surface area contributed by atoms with Gasteiger partial charge in [0.25, 0.3) is 0 Å². The van der Waals surface area contributed by atoms with Crippen molar-refractivity contribution in [1.82, 2.24) is 10.2 Å². The van der Waals surface area contributed by atoms with Crippen LogP contribution in [0.3, 0.4) is 0 Å². The van der Waals surface area contributed by atoms with Gasteiger partial charge < -0.3 is 5.32 Å². The Hall–Kier alpha value is -0.0800. The zero-order valence-electron chi connectivity index (χ0n) is 13.7. The Morgan fingerprint density at radius 1 is 1.05 bits per heavy atom. The van der Waals surface area contributed by atoms with E-state index in [0.29, 0.717) is 6.04 Å². The van der Waals surface area contributed by atoms with Crippen molar-refractivity contribution >= 4 is 0 Å². The molecule has 2 heteroatoms. The van der Waals surface area contributed by atoms with Crippen LogP contribution >= 0.6 is 0 Å². The van der Waals surface area contributed by atoms with Gasteiger partial charge in [-0.15, -0.1) is 0 Å². The van der Waals surface area contributed by atoms with Gasteiger partial charge in [0, 0.05) is 18.6 Å². The molecule has 1 heterocycles. The van der Waals surface area contributed by atoms with Gasteiger partial charge in [0.05, 0.1) is 0 Å². The first-order valence-corrected chi connectivity index (χ1v) is 9.17. The second kappa shape index (κ2) is 6.36. The molecule has 3 fully saturated rings. The fourth-order valence-electron chi connectivity index (χ4n) is 5.04. The van der Waals surface area contributed by atoms with E-state index >= 15 is 0 Å². The molecule has 1 saturated heterocycles. The standard InChI is InChI=1S/C18H34N2/c1-15(2)19-13-16-7-6-12-20(14-16)17-8-11-18(17)9-4-3-5-10-18/h15-17,19H,3-14H2,1-2H3. The average Bonchev–Trinajstić information content (AvgIpc) is 2.45. The predicted molar refractivity (Wildman–Crippen MR) is 86.0 cm³/mol. The van der Waals surface area contributed by atoms with Gasteiger partial charge in [-0.1, -0.05) is 33.1 Å². The SMILES string of the molecule is CC(C)NCC1CCCN(C2CCC23CCCCC3)C1. The number of rotatable bonds is 4. The second-order valence-electron chi connectivity index (χ2n) is 8.04. The summed E-state index contributed by atoms with van der Waals surface area (Å²) in [6.07, 6.45) is 13.5. The van der Waals surface area contributed by atoms with E-state index in [1.54, 1.807) is 0 Å². The maximum absolute atomic E-state index is 3.66. The van der Waals surface area contributed by atoms with E-state index in [-0.39, 0.29) is 0 Å². The Bertz CT molecular complexity index is 307. The minimum Gasteiger partial charge on any atom is -0.314 e. The Kier molecular flexibility index (Phi) is 4.72. The molecule has 3 aliphatic rings. The molecule has 1 aliphatic heterocycles. The van der Waals surface area contributed by atoms with Crippen molar-refractivity contribution in [2.24, 2.45) is 11.3 Å². The summed E-state index contributed by atoms with van der Waals surface area (Å²) < 4.78 is 0. The van der Waals surface area contributed by atoms with Crippen molar-refractivity contribution in [3.63, 3.8) is 0 Å². The first kappa shape index (κ1) is 14.8. The van der Waals surface area contributed by atoms with Crippen LogP contribution in [-0.4, -0.2) is 36.6 Å². The van der Waals surface area contributed by atoms with E-state index in [4.69, 9.17) is 0 Å². The molecule has 3 rings (SSSR count). The van der Waals surface area contributed by atoms with E-state index in [1.165, 1.54) is 77.4 Å². The van der Waals surface area contributed by atoms with Crippen molar-refractivity contribution in [3.8, 4) is 0 Å². The zero-order valence-corrected chi connectivity index (χ0v) is 13.7. The Labute approximate surface area is 125 Å². The molecule has 2 saturated carbocycles. The normalized spacial score (nSPS) is 34.4. The number of nitrogens with one attached hydrogen (secondary N) is 1. The number of likely N-dealkylation sites (tertiary alicyclic amines) is 1. The lowest BCUT2D eigenvalue weighted by molar-refractivity contribution is -0.0671. The van der Waals surface area contributed by atoms with E-state index in [0.717, 1.165) is 17.4 Å². The number of hydrogen-bond acceptors (Lipinski definition) is 2. The van der Waals surface area contributed by atoms with E-state index in [2.05, 4.69) is 24.1 Å². The van der Waals surface area contributed by atoms with Crippen LogP contribution in [0.25, 0.3) is 0 Å². The van der Waals surface area contributed by atoms with Crippen molar-refractivity contribution in [3.05, 3.63) is 0 Å². The number of nitrogens with zero attached hydrogens (tertiary/aromatic N) is 1. The van der Waals surface area contributed by atoms with Crippen LogP contribution in [0, 0.1) is 11.3 Å². The third-order valence-electron chi connectivity index (χ3n) is 6.28. The highest BCUT2D eigenvalue weighted by molar-refractivity contribution is 5.03. The lowest BCUT2D eigenvalue weighted by Crippen LogP contribution is -2.58. The highest BCUT2D eigenvalue weighted by Crippen LogP contribution is 2.54. The first-order chi connectivity index (χ1) is 9.70. The van der Waals surface area contributed by atoms with Crippen LogP contribution in [0.4, 0.5) is 0 Å². The maximum atomic E-state index is 3.66. The molecule has 1 spiro atoms. The topological polar surface area (TPSA) is 15.3 Å². The smallest absolute Gasteiger partial charge is 0.0152 e. The van der Waals surface area contributed by atoms with Crippen molar-refractivity contribution in [1.29, 1.82) is 0 Å². The average molecular weight is 278 g/mol. The summed E-state index contributed by atoms with van der Waals surface area (Å²) >= 11 is 0. The largest absolute Gasteiger partial charge is 0.314 e. The molecule has 116 valence electrons. The lowest BCUT2D eigenvalue weighted by atomic mass is 9.56. The lowest BCUT2D eigenvalue weighted by Gasteiger charge is -2.58. The van der Waals surface area contributed by atoms with Crippen LogP contribution in [0.2, 0.25) is 0 Å². The third-order valence-corrected chi connectivity index (χ3v) is 6.28. The molecule has 1 N–H and O–H groups in total. The van der Waals surface area contributed by atoms with Gasteiger partial charge in [0.15, 0.2) is 0 Å². The van der Waals surface area contributed by atoms with E-state index in [1.807, 2.05) is 0 Å². The zero-order chi connectivity index (χ0) is 14.0. The molecular weight excluding hydrogens is 244 g/mol. The number of hydrogen-bond donors (Lipinski definition) is 1. The highest BCUT2D eigenvalue weighted by atomic mass is 15.2. The molecule has 20 heavy (non-hydrogen) atoms. The summed E-state index contributed by atoms with van der Waals surface area (Å²) in [5.74, 6) is 0.896. The molecular formula is C18H34N2. The molecule has 2 nitrogen and oxygen atoms in total. The molecule has 0 aromatic carbocycles. The summed E-state index contributed by atoms with van der Waals surface area (Å²) in [6, 6.07) is 1.59. The third kappa shape index (κ3) is 3.06. The summed E-state index contributed by atoms with van der Waals surface area (Å²) in [5, 5.41) is 3.66. The van der Waals surface area contributed by atoms with Crippen LogP contribution in [0.15, 0.2) is 0 Å². The van der Waals surface area contributed by atoms with Gasteiger partial charge in [-0.3, -0.25) is 4.90 Å². The van der Waals surface area contributed by atoms with Crippen molar-refractivity contribution in [2.75, 3.05) is 19.6 Å². The molecule has 2 aliphatic carbocycles. The molecule has 0 aromatic heterocycles. The molecule has 0 radical (unpaired) electrons. The summed E-state index contributed by atoms with van der Waals surface area (Å²) in [5.41, 5.74) is 0.756. The quantitative estimate of drug-likeness (QED) is 0.841. The fourth-order valence-corrected chi connectivity index (χ4v) is 5.04. The molecule has 2 unspecified atom stereocenters. The molecule has 2 atom stereocenters. The maximum Gasteiger partial charge on any atom is 0.0152 e. The first-order valence-electron chi connectivity index (χ1n) is 9.17. The molecule has 0 amide bonds. The van der Waals surface area contributed by atoms with Gasteiger partial charge in [-0.2, -0.15) is 0 Å². The van der Waals surface area contributed by atoms with E-state index in [9.17, 15) is 0 Å². The highest BCUT2D eigenvalue weighted by Gasteiger charge is 2.49.